The average Bonchev–Trinajstić information content (AvgIpc) is 2.19. The fourth-order valence-corrected chi connectivity index (χ4v) is 1.58. The number of rotatable bonds is 4. The van der Waals surface area contributed by atoms with Crippen LogP contribution >= 0.6 is 12.2 Å². The summed E-state index contributed by atoms with van der Waals surface area (Å²) in [7, 11) is 0. The Balaban J connectivity index is 3.08. The summed E-state index contributed by atoms with van der Waals surface area (Å²) >= 11 is 5.05. The number of hydrogen-bond acceptors (Lipinski definition) is 4. The molecule has 0 saturated heterocycles. The highest BCUT2D eigenvalue weighted by atomic mass is 32.1. The molecule has 0 bridgehead atoms. The van der Waals surface area contributed by atoms with Crippen LogP contribution in [0.3, 0.4) is 0 Å². The van der Waals surface area contributed by atoms with Gasteiger partial charge in [0.15, 0.2) is 5.82 Å². The first kappa shape index (κ1) is 12.8. The van der Waals surface area contributed by atoms with Crippen molar-refractivity contribution in [2.24, 2.45) is 11.7 Å². The van der Waals surface area contributed by atoms with Gasteiger partial charge < -0.3 is 11.1 Å². The molecule has 0 unspecified atom stereocenters. The predicted octanol–water partition coefficient (Wildman–Crippen LogP) is 1.80. The van der Waals surface area contributed by atoms with Crippen molar-refractivity contribution in [3.05, 3.63) is 16.8 Å². The van der Waals surface area contributed by atoms with Gasteiger partial charge in [0, 0.05) is 6.54 Å². The van der Waals surface area contributed by atoms with E-state index in [0.717, 1.165) is 23.4 Å². The lowest BCUT2D eigenvalue weighted by Crippen LogP contribution is -2.19. The van der Waals surface area contributed by atoms with Gasteiger partial charge in [-0.1, -0.05) is 26.1 Å². The number of aromatic nitrogens is 2. The number of hydrogen-bond donors (Lipinski definition) is 2. The molecule has 5 heteroatoms. The van der Waals surface area contributed by atoms with Gasteiger partial charge in [-0.25, -0.2) is 0 Å². The number of anilines is 1. The van der Waals surface area contributed by atoms with Crippen molar-refractivity contribution < 1.29 is 0 Å². The molecule has 4 nitrogen and oxygen atoms in total. The largest absolute Gasteiger partial charge is 0.389 e. The second-order valence-electron chi connectivity index (χ2n) is 4.27. The van der Waals surface area contributed by atoms with Gasteiger partial charge in [0.1, 0.15) is 4.99 Å². The van der Waals surface area contributed by atoms with Gasteiger partial charge in [0.2, 0.25) is 0 Å². The van der Waals surface area contributed by atoms with Gasteiger partial charge >= 0.3 is 0 Å². The average molecular weight is 238 g/mol. The summed E-state index contributed by atoms with van der Waals surface area (Å²) in [6.07, 6.45) is 0. The van der Waals surface area contributed by atoms with Crippen LogP contribution < -0.4 is 11.1 Å². The maximum Gasteiger partial charge on any atom is 0.159 e. The summed E-state index contributed by atoms with van der Waals surface area (Å²) in [5, 5.41) is 11.4. The third kappa shape index (κ3) is 2.88. The van der Waals surface area contributed by atoms with E-state index < -0.39 is 0 Å². The molecule has 0 aliphatic heterocycles. The maximum absolute atomic E-state index is 5.71. The molecule has 0 amide bonds. The van der Waals surface area contributed by atoms with E-state index in [9.17, 15) is 0 Å². The van der Waals surface area contributed by atoms with Crippen molar-refractivity contribution in [3.8, 4) is 0 Å². The van der Waals surface area contributed by atoms with Crippen molar-refractivity contribution >= 4 is 23.0 Å². The molecule has 1 heterocycles. The molecule has 0 saturated carbocycles. The van der Waals surface area contributed by atoms with E-state index in [4.69, 9.17) is 18.0 Å². The molecule has 0 atom stereocenters. The molecule has 0 aromatic carbocycles. The molecular formula is C11H18N4S. The quantitative estimate of drug-likeness (QED) is 0.783. The van der Waals surface area contributed by atoms with Gasteiger partial charge in [0.05, 0.1) is 11.3 Å². The van der Waals surface area contributed by atoms with E-state index in [-0.39, 0.29) is 0 Å². The summed E-state index contributed by atoms with van der Waals surface area (Å²) in [6, 6.07) is 0. The molecule has 1 aromatic rings. The second-order valence-corrected chi connectivity index (χ2v) is 4.71. The molecule has 0 aliphatic rings. The van der Waals surface area contributed by atoms with Crippen LogP contribution in [0.2, 0.25) is 0 Å². The summed E-state index contributed by atoms with van der Waals surface area (Å²) in [4.78, 5) is 0.363. The molecular weight excluding hydrogens is 220 g/mol. The zero-order valence-corrected chi connectivity index (χ0v) is 11.0. The Hall–Kier alpha value is -1.23. The van der Waals surface area contributed by atoms with Crippen molar-refractivity contribution in [3.63, 3.8) is 0 Å². The van der Waals surface area contributed by atoms with Crippen LogP contribution in [-0.2, 0) is 0 Å². The van der Waals surface area contributed by atoms with E-state index >= 15 is 0 Å². The van der Waals surface area contributed by atoms with E-state index in [1.807, 2.05) is 13.8 Å². The van der Waals surface area contributed by atoms with Crippen molar-refractivity contribution in [2.75, 3.05) is 11.9 Å². The SMILES string of the molecule is Cc1nnc(NCC(C)C)c(C(N)=S)c1C. The van der Waals surface area contributed by atoms with Gasteiger partial charge in [-0.15, -0.1) is 5.10 Å². The van der Waals surface area contributed by atoms with E-state index in [1.165, 1.54) is 0 Å². The molecule has 0 spiro atoms. The molecule has 0 radical (unpaired) electrons. The molecule has 3 N–H and O–H groups in total. The Morgan fingerprint density at radius 2 is 2.00 bits per heavy atom. The van der Waals surface area contributed by atoms with Gasteiger partial charge in [-0.3, -0.25) is 0 Å². The van der Waals surface area contributed by atoms with Gasteiger partial charge in [-0.05, 0) is 25.3 Å². The first-order valence-electron chi connectivity index (χ1n) is 5.31. The maximum atomic E-state index is 5.71. The van der Waals surface area contributed by atoms with Crippen LogP contribution in [0, 0.1) is 19.8 Å². The van der Waals surface area contributed by atoms with Crippen LogP contribution in [-0.4, -0.2) is 21.7 Å². The lowest BCUT2D eigenvalue weighted by atomic mass is 10.1. The number of aryl methyl sites for hydroxylation is 1. The monoisotopic (exact) mass is 238 g/mol. The van der Waals surface area contributed by atoms with Crippen LogP contribution in [0.5, 0.6) is 0 Å². The third-order valence-corrected chi connectivity index (χ3v) is 2.58. The molecule has 0 aliphatic carbocycles. The standard InChI is InChI=1S/C11H18N4S/c1-6(2)5-13-11-9(10(12)16)7(3)8(4)14-15-11/h6H,5H2,1-4H3,(H2,12,16)(H,13,15). The van der Waals surface area contributed by atoms with E-state index in [2.05, 4.69) is 29.4 Å². The zero-order chi connectivity index (χ0) is 12.3. The van der Waals surface area contributed by atoms with Gasteiger partial charge in [-0.2, -0.15) is 5.10 Å². The highest BCUT2D eigenvalue weighted by Crippen LogP contribution is 2.18. The number of nitrogens with one attached hydrogen (secondary N) is 1. The molecule has 1 rings (SSSR count). The summed E-state index contributed by atoms with van der Waals surface area (Å²) in [5.41, 5.74) is 8.38. The second kappa shape index (κ2) is 5.21. The minimum absolute atomic E-state index is 0.363. The van der Waals surface area contributed by atoms with Crippen molar-refractivity contribution in [1.82, 2.24) is 10.2 Å². The Labute approximate surface area is 102 Å². The fourth-order valence-electron chi connectivity index (χ4n) is 1.33. The van der Waals surface area contributed by atoms with E-state index in [0.29, 0.717) is 16.7 Å². The Bertz CT molecular complexity index is 401. The zero-order valence-electron chi connectivity index (χ0n) is 10.2. The van der Waals surface area contributed by atoms with E-state index in [1.54, 1.807) is 0 Å². The number of thiocarbonyl (C=S) groups is 1. The highest BCUT2D eigenvalue weighted by molar-refractivity contribution is 7.80. The summed E-state index contributed by atoms with van der Waals surface area (Å²) in [6.45, 7) is 8.94. The molecule has 88 valence electrons. The molecule has 0 fully saturated rings. The lowest BCUT2D eigenvalue weighted by molar-refractivity contribution is 0.685. The Morgan fingerprint density at radius 1 is 1.38 bits per heavy atom. The molecule has 16 heavy (non-hydrogen) atoms. The summed E-state index contributed by atoms with van der Waals surface area (Å²) < 4.78 is 0. The Morgan fingerprint density at radius 3 is 2.50 bits per heavy atom. The van der Waals surface area contributed by atoms with Crippen molar-refractivity contribution in [2.45, 2.75) is 27.7 Å². The lowest BCUT2D eigenvalue weighted by Gasteiger charge is -2.14. The van der Waals surface area contributed by atoms with Crippen LogP contribution in [0.15, 0.2) is 0 Å². The minimum Gasteiger partial charge on any atom is -0.389 e. The topological polar surface area (TPSA) is 63.8 Å². The van der Waals surface area contributed by atoms with Crippen LogP contribution in [0.25, 0.3) is 0 Å². The highest BCUT2D eigenvalue weighted by Gasteiger charge is 2.13. The minimum atomic E-state index is 0.363. The number of nitrogens with zero attached hydrogens (tertiary/aromatic N) is 2. The smallest absolute Gasteiger partial charge is 0.159 e. The number of nitrogens with two attached hydrogens (primary N) is 1. The normalized spacial score (nSPS) is 10.6. The third-order valence-electron chi connectivity index (χ3n) is 2.38. The molecule has 1 aromatic heterocycles. The fraction of sp³-hybridized carbons (Fsp3) is 0.545. The first-order chi connectivity index (χ1) is 7.43. The first-order valence-corrected chi connectivity index (χ1v) is 5.71. The summed E-state index contributed by atoms with van der Waals surface area (Å²) in [5.74, 6) is 1.21. The predicted molar refractivity (Wildman–Crippen MR) is 70.7 cm³/mol. The van der Waals surface area contributed by atoms with Gasteiger partial charge in [0.25, 0.3) is 0 Å². The van der Waals surface area contributed by atoms with Crippen molar-refractivity contribution in [1.29, 1.82) is 0 Å². The van der Waals surface area contributed by atoms with Crippen LogP contribution in [0.4, 0.5) is 5.82 Å². The Kier molecular flexibility index (Phi) is 4.18. The van der Waals surface area contributed by atoms with Crippen LogP contribution in [0.1, 0.15) is 30.7 Å².